The van der Waals surface area contributed by atoms with Gasteiger partial charge in [-0.3, -0.25) is 4.57 Å². The van der Waals surface area contributed by atoms with Crippen molar-refractivity contribution in [3.05, 3.63) is 228 Å². The molecule has 9 aromatic rings. The number of hydrogen-bond acceptors (Lipinski definition) is 4. The molecule has 0 saturated carbocycles. The van der Waals surface area contributed by atoms with E-state index in [1.807, 2.05) is 12.1 Å². The molecule has 0 amide bonds. The molecule has 12 rings (SSSR count). The summed E-state index contributed by atoms with van der Waals surface area (Å²) in [5.41, 5.74) is 12.8. The molecule has 0 fully saturated rings. The van der Waals surface area contributed by atoms with Crippen LogP contribution < -0.4 is 15.5 Å². The third-order valence-corrected chi connectivity index (χ3v) is 12.8. The third-order valence-electron chi connectivity index (χ3n) is 12.8. The van der Waals surface area contributed by atoms with Gasteiger partial charge in [-0.15, -0.1) is 0 Å². The summed E-state index contributed by atoms with van der Waals surface area (Å²) in [7, 11) is 0. The molecule has 3 heterocycles. The maximum atomic E-state index is 5.28. The molecule has 5 nitrogen and oxygen atoms in total. The zero-order valence-electron chi connectivity index (χ0n) is 34.0. The molecule has 62 heavy (non-hydrogen) atoms. The van der Waals surface area contributed by atoms with Crippen LogP contribution >= 0.6 is 0 Å². The lowest BCUT2D eigenvalue weighted by molar-refractivity contribution is 0.716. The van der Waals surface area contributed by atoms with E-state index in [1.54, 1.807) is 0 Å². The van der Waals surface area contributed by atoms with Gasteiger partial charge in [0, 0.05) is 44.9 Å². The van der Waals surface area contributed by atoms with Gasteiger partial charge in [0.1, 0.15) is 0 Å². The van der Waals surface area contributed by atoms with Crippen molar-refractivity contribution >= 4 is 34.4 Å². The van der Waals surface area contributed by atoms with Gasteiger partial charge in [-0.25, -0.2) is 4.98 Å². The summed E-state index contributed by atoms with van der Waals surface area (Å²) in [5, 5.41) is 3.52. The van der Waals surface area contributed by atoms with Crippen molar-refractivity contribution in [1.82, 2.24) is 19.5 Å². The molecule has 3 aliphatic rings. The molecule has 3 atom stereocenters. The molecular formula is C57H41N5. The Morgan fingerprint density at radius 3 is 1.69 bits per heavy atom. The maximum Gasteiger partial charge on any atom is 0.238 e. The number of para-hydroxylation sites is 3. The van der Waals surface area contributed by atoms with E-state index in [0.29, 0.717) is 17.6 Å². The first kappa shape index (κ1) is 36.0. The summed E-state index contributed by atoms with van der Waals surface area (Å²) >= 11 is 0. The molecule has 294 valence electrons. The smallest absolute Gasteiger partial charge is 0.238 e. The second-order valence-corrected chi connectivity index (χ2v) is 16.3. The van der Waals surface area contributed by atoms with Crippen molar-refractivity contribution in [1.29, 1.82) is 0 Å². The van der Waals surface area contributed by atoms with E-state index in [-0.39, 0.29) is 17.9 Å². The van der Waals surface area contributed by atoms with Crippen LogP contribution in [-0.2, 0) is 0 Å². The van der Waals surface area contributed by atoms with Crippen molar-refractivity contribution in [2.24, 2.45) is 5.92 Å². The maximum absolute atomic E-state index is 5.28. The van der Waals surface area contributed by atoms with E-state index in [4.69, 9.17) is 15.0 Å². The molecule has 0 radical (unpaired) electrons. The molecule has 5 heteroatoms. The van der Waals surface area contributed by atoms with Gasteiger partial charge >= 0.3 is 0 Å². The SMILES string of the molecule is C1=CC2C(C=C1C1C=c3c(n(-c4nc(-c5ccc(-c6ccccc6)cc5)nc(-c5ccc(-c6ccccc6)cc5)n4)c4ccccc34)=CC1)c1ccccc1N2c1ccccc1. The first-order valence-electron chi connectivity index (χ1n) is 21.5. The molecule has 7 aromatic carbocycles. The van der Waals surface area contributed by atoms with Crippen LogP contribution in [0, 0.1) is 5.92 Å². The number of allylic oxidation sites excluding steroid dienone is 2. The Kier molecular flexibility index (Phi) is 8.70. The lowest BCUT2D eigenvalue weighted by atomic mass is 9.82. The number of rotatable bonds is 7. The van der Waals surface area contributed by atoms with Crippen molar-refractivity contribution in [3.8, 4) is 51.0 Å². The highest BCUT2D eigenvalue weighted by Gasteiger charge is 2.38. The summed E-state index contributed by atoms with van der Waals surface area (Å²) in [6, 6.07) is 66.6. The normalized spacial score (nSPS) is 17.4. The topological polar surface area (TPSA) is 46.8 Å². The van der Waals surface area contributed by atoms with Crippen LogP contribution in [0.15, 0.2) is 212 Å². The van der Waals surface area contributed by atoms with Gasteiger partial charge in [0.25, 0.3) is 0 Å². The Balaban J connectivity index is 0.965. The number of benzene rings is 7. The van der Waals surface area contributed by atoms with E-state index < -0.39 is 0 Å². The van der Waals surface area contributed by atoms with E-state index in [1.165, 1.54) is 44.2 Å². The van der Waals surface area contributed by atoms with Gasteiger partial charge in [0.05, 0.1) is 16.9 Å². The Morgan fingerprint density at radius 2 is 1.03 bits per heavy atom. The van der Waals surface area contributed by atoms with Crippen LogP contribution in [0.2, 0.25) is 0 Å². The molecule has 3 unspecified atom stereocenters. The zero-order chi connectivity index (χ0) is 41.0. The predicted molar refractivity (Wildman–Crippen MR) is 253 cm³/mol. The average Bonchev–Trinajstić information content (AvgIpc) is 3.87. The minimum Gasteiger partial charge on any atom is -0.333 e. The van der Waals surface area contributed by atoms with Crippen molar-refractivity contribution in [2.45, 2.75) is 18.4 Å². The van der Waals surface area contributed by atoms with Crippen LogP contribution in [-0.4, -0.2) is 25.6 Å². The van der Waals surface area contributed by atoms with Gasteiger partial charge in [0.2, 0.25) is 5.95 Å². The fourth-order valence-electron chi connectivity index (χ4n) is 9.73. The number of fused-ring (bicyclic) bond motifs is 6. The quantitative estimate of drug-likeness (QED) is 0.161. The van der Waals surface area contributed by atoms with E-state index in [2.05, 4.69) is 216 Å². The molecule has 0 saturated heterocycles. The molecular weight excluding hydrogens is 755 g/mol. The lowest BCUT2D eigenvalue weighted by Crippen LogP contribution is -2.34. The van der Waals surface area contributed by atoms with Crippen molar-refractivity contribution < 1.29 is 0 Å². The Hall–Kier alpha value is -7.89. The first-order chi connectivity index (χ1) is 30.7. The minimum atomic E-state index is 0.229. The van der Waals surface area contributed by atoms with Gasteiger partial charge in [0.15, 0.2) is 11.6 Å². The molecule has 0 bridgehead atoms. The van der Waals surface area contributed by atoms with Crippen molar-refractivity contribution in [2.75, 3.05) is 4.90 Å². The van der Waals surface area contributed by atoms with Crippen LogP contribution in [0.1, 0.15) is 17.9 Å². The Morgan fingerprint density at radius 1 is 0.484 bits per heavy atom. The van der Waals surface area contributed by atoms with Gasteiger partial charge in [-0.05, 0) is 64.1 Å². The number of nitrogens with zero attached hydrogens (tertiary/aromatic N) is 5. The third kappa shape index (κ3) is 6.21. The van der Waals surface area contributed by atoms with Crippen LogP contribution in [0.25, 0.3) is 74.0 Å². The summed E-state index contributed by atoms with van der Waals surface area (Å²) in [6.07, 6.45) is 13.1. The highest BCUT2D eigenvalue weighted by molar-refractivity contribution is 5.85. The molecule has 1 aliphatic heterocycles. The standard InChI is InChI=1S/C57H41N5/c1-4-14-38(15-5-1)40-24-28-42(29-25-40)55-58-56(43-30-26-41(27-31-43)39-16-6-2-7-17-39)60-57(59-55)62-52-23-13-11-21-48(52)50-37-45(33-35-54(50)62)44-32-34-53-49(36-44)47-20-10-12-22-51(47)61(53)46-18-8-3-9-19-46/h1-32,34-37,45,49,53H,33H2. The van der Waals surface area contributed by atoms with E-state index >= 15 is 0 Å². The van der Waals surface area contributed by atoms with Gasteiger partial charge < -0.3 is 4.90 Å². The predicted octanol–water partition coefficient (Wildman–Crippen LogP) is 11.9. The summed E-state index contributed by atoms with van der Waals surface area (Å²) in [6.45, 7) is 0. The second-order valence-electron chi connectivity index (χ2n) is 16.3. The van der Waals surface area contributed by atoms with Crippen molar-refractivity contribution in [3.63, 3.8) is 0 Å². The second kappa shape index (κ2) is 15.0. The van der Waals surface area contributed by atoms with Gasteiger partial charge in [-0.1, -0.05) is 194 Å². The highest BCUT2D eigenvalue weighted by Crippen LogP contribution is 2.49. The Labute approximate surface area is 360 Å². The number of anilines is 2. The molecule has 0 spiro atoms. The summed E-state index contributed by atoms with van der Waals surface area (Å²) in [4.78, 5) is 18.2. The lowest BCUT2D eigenvalue weighted by Gasteiger charge is -2.30. The minimum absolute atomic E-state index is 0.229. The molecule has 2 aromatic heterocycles. The number of hydrogen-bond donors (Lipinski definition) is 0. The van der Waals surface area contributed by atoms with Crippen LogP contribution in [0.5, 0.6) is 0 Å². The van der Waals surface area contributed by atoms with E-state index in [0.717, 1.165) is 39.5 Å². The fraction of sp³-hybridized carbons (Fsp3) is 0.0702. The summed E-state index contributed by atoms with van der Waals surface area (Å²) in [5.74, 6) is 2.37. The van der Waals surface area contributed by atoms with Crippen LogP contribution in [0.4, 0.5) is 11.4 Å². The Bertz CT molecular complexity index is 3210. The number of aromatic nitrogens is 4. The zero-order valence-corrected chi connectivity index (χ0v) is 34.0. The van der Waals surface area contributed by atoms with Crippen LogP contribution in [0.3, 0.4) is 0 Å². The van der Waals surface area contributed by atoms with Gasteiger partial charge in [-0.2, -0.15) is 9.97 Å². The average molecular weight is 796 g/mol. The fourth-order valence-corrected chi connectivity index (χ4v) is 9.73. The molecule has 2 aliphatic carbocycles. The first-order valence-corrected chi connectivity index (χ1v) is 21.5. The monoisotopic (exact) mass is 795 g/mol. The highest BCUT2D eigenvalue weighted by atomic mass is 15.2. The molecule has 0 N–H and O–H groups in total. The summed E-state index contributed by atoms with van der Waals surface area (Å²) < 4.78 is 2.24. The van der Waals surface area contributed by atoms with E-state index in [9.17, 15) is 0 Å². The largest absolute Gasteiger partial charge is 0.333 e.